The third-order valence-corrected chi connectivity index (χ3v) is 7.52. The van der Waals surface area contributed by atoms with Crippen molar-refractivity contribution in [2.45, 2.75) is 24.6 Å². The summed E-state index contributed by atoms with van der Waals surface area (Å²) >= 11 is 0. The summed E-state index contributed by atoms with van der Waals surface area (Å²) in [6.07, 6.45) is 0.788. The zero-order valence-corrected chi connectivity index (χ0v) is 20.4. The van der Waals surface area contributed by atoms with Crippen molar-refractivity contribution in [3.05, 3.63) is 71.5 Å². The zero-order chi connectivity index (χ0) is 25.3. The van der Waals surface area contributed by atoms with Crippen molar-refractivity contribution in [2.24, 2.45) is 0 Å². The van der Waals surface area contributed by atoms with Crippen LogP contribution in [-0.4, -0.2) is 102 Å². The second-order valence-electron chi connectivity index (χ2n) is 9.74. The SMILES string of the molecule is CN1CCN(C(=O)C2COC3(CCN(C(=O)c4ccc(F)cc4)CC3)N2C(=O)c2ccccc2)CC1. The van der Waals surface area contributed by atoms with E-state index < -0.39 is 17.6 Å². The van der Waals surface area contributed by atoms with Crippen molar-refractivity contribution in [3.8, 4) is 0 Å². The minimum atomic E-state index is -0.959. The Morgan fingerprint density at radius 2 is 1.42 bits per heavy atom. The van der Waals surface area contributed by atoms with E-state index in [1.807, 2.05) is 18.0 Å². The largest absolute Gasteiger partial charge is 0.353 e. The molecule has 2 aromatic rings. The van der Waals surface area contributed by atoms with Gasteiger partial charge < -0.3 is 19.4 Å². The molecule has 3 aliphatic rings. The number of nitrogens with zero attached hydrogens (tertiary/aromatic N) is 4. The fourth-order valence-electron chi connectivity index (χ4n) is 5.35. The highest BCUT2D eigenvalue weighted by Crippen LogP contribution is 2.39. The first-order chi connectivity index (χ1) is 17.4. The molecule has 36 heavy (non-hydrogen) atoms. The number of piperazine rings is 1. The van der Waals surface area contributed by atoms with Gasteiger partial charge in [0.05, 0.1) is 6.61 Å². The predicted octanol–water partition coefficient (Wildman–Crippen LogP) is 2.07. The smallest absolute Gasteiger partial charge is 0.256 e. The Balaban J connectivity index is 1.37. The zero-order valence-electron chi connectivity index (χ0n) is 20.4. The number of carbonyl (C=O) groups is 3. The van der Waals surface area contributed by atoms with E-state index >= 15 is 0 Å². The first-order valence-corrected chi connectivity index (χ1v) is 12.4. The summed E-state index contributed by atoms with van der Waals surface area (Å²) in [6, 6.07) is 13.7. The number of amides is 3. The lowest BCUT2D eigenvalue weighted by Crippen LogP contribution is -2.61. The molecule has 0 radical (unpaired) electrons. The molecule has 3 heterocycles. The van der Waals surface area contributed by atoms with Gasteiger partial charge in [0.2, 0.25) is 5.91 Å². The quantitative estimate of drug-likeness (QED) is 0.653. The molecule has 0 saturated carbocycles. The fourth-order valence-corrected chi connectivity index (χ4v) is 5.35. The Kier molecular flexibility index (Phi) is 6.77. The predicted molar refractivity (Wildman–Crippen MR) is 131 cm³/mol. The summed E-state index contributed by atoms with van der Waals surface area (Å²) in [5, 5.41) is 0. The summed E-state index contributed by atoms with van der Waals surface area (Å²) in [5.41, 5.74) is -0.0391. The Morgan fingerprint density at radius 1 is 0.806 bits per heavy atom. The van der Waals surface area contributed by atoms with E-state index in [1.165, 1.54) is 24.3 Å². The van der Waals surface area contributed by atoms with Crippen LogP contribution in [0.2, 0.25) is 0 Å². The number of rotatable bonds is 3. The van der Waals surface area contributed by atoms with Gasteiger partial charge in [-0.25, -0.2) is 4.39 Å². The molecule has 0 N–H and O–H groups in total. The molecular formula is C27H31FN4O4. The summed E-state index contributed by atoms with van der Waals surface area (Å²) in [4.78, 5) is 47.7. The molecule has 8 nitrogen and oxygen atoms in total. The van der Waals surface area contributed by atoms with E-state index in [-0.39, 0.29) is 24.3 Å². The van der Waals surface area contributed by atoms with E-state index in [0.717, 1.165) is 13.1 Å². The van der Waals surface area contributed by atoms with Crippen LogP contribution in [0.3, 0.4) is 0 Å². The molecule has 0 aromatic heterocycles. The summed E-state index contributed by atoms with van der Waals surface area (Å²) in [6.45, 7) is 3.68. The minimum Gasteiger partial charge on any atom is -0.353 e. The Bertz CT molecular complexity index is 1110. The van der Waals surface area contributed by atoms with Crippen LogP contribution in [-0.2, 0) is 9.53 Å². The number of hydrogen-bond donors (Lipinski definition) is 0. The third kappa shape index (κ3) is 4.60. The maximum Gasteiger partial charge on any atom is 0.256 e. The maximum absolute atomic E-state index is 13.8. The van der Waals surface area contributed by atoms with Crippen molar-refractivity contribution in [3.63, 3.8) is 0 Å². The van der Waals surface area contributed by atoms with Crippen molar-refractivity contribution in [2.75, 3.05) is 52.9 Å². The molecule has 1 unspecified atom stereocenters. The van der Waals surface area contributed by atoms with Crippen LogP contribution < -0.4 is 0 Å². The normalized spacial score (nSPS) is 22.2. The standard InChI is InChI=1S/C27H31FN4O4/c1-29-15-17-31(18-16-29)26(35)23-19-36-27(32(23)25(34)20-5-3-2-4-6-20)11-13-30(14-12-27)24(33)21-7-9-22(28)10-8-21/h2-10,23H,11-19H2,1H3. The number of likely N-dealkylation sites (N-methyl/N-ethyl adjacent to an activating group) is 1. The molecule has 3 amide bonds. The van der Waals surface area contributed by atoms with Crippen molar-refractivity contribution < 1.29 is 23.5 Å². The molecule has 5 rings (SSSR count). The molecule has 190 valence electrons. The van der Waals surface area contributed by atoms with Crippen LogP contribution in [0.25, 0.3) is 0 Å². The molecule has 9 heteroatoms. The molecule has 1 atom stereocenters. The van der Waals surface area contributed by atoms with Crippen LogP contribution in [0.15, 0.2) is 54.6 Å². The van der Waals surface area contributed by atoms with E-state index in [0.29, 0.717) is 50.1 Å². The van der Waals surface area contributed by atoms with Gasteiger partial charge in [0.15, 0.2) is 0 Å². The second kappa shape index (κ2) is 9.99. The van der Waals surface area contributed by atoms with Gasteiger partial charge in [-0.2, -0.15) is 0 Å². The molecular weight excluding hydrogens is 463 g/mol. The number of hydrogen-bond acceptors (Lipinski definition) is 5. The van der Waals surface area contributed by atoms with E-state index in [1.54, 1.807) is 34.1 Å². The molecule has 1 spiro atoms. The van der Waals surface area contributed by atoms with Gasteiger partial charge in [0.1, 0.15) is 17.6 Å². The van der Waals surface area contributed by atoms with Gasteiger partial charge in [0, 0.05) is 63.2 Å². The fraction of sp³-hybridized carbons (Fsp3) is 0.444. The molecule has 3 aliphatic heterocycles. The van der Waals surface area contributed by atoms with E-state index in [9.17, 15) is 18.8 Å². The van der Waals surface area contributed by atoms with Crippen LogP contribution in [0.5, 0.6) is 0 Å². The molecule has 0 bridgehead atoms. The van der Waals surface area contributed by atoms with E-state index in [4.69, 9.17) is 4.74 Å². The van der Waals surface area contributed by atoms with Crippen molar-refractivity contribution in [1.82, 2.24) is 19.6 Å². The van der Waals surface area contributed by atoms with Crippen LogP contribution in [0.1, 0.15) is 33.6 Å². The number of likely N-dealkylation sites (tertiary alicyclic amines) is 1. The Labute approximate surface area is 210 Å². The summed E-state index contributed by atoms with van der Waals surface area (Å²) < 4.78 is 19.6. The lowest BCUT2D eigenvalue weighted by molar-refractivity contribution is -0.139. The Morgan fingerprint density at radius 3 is 2.06 bits per heavy atom. The van der Waals surface area contributed by atoms with Crippen molar-refractivity contribution in [1.29, 1.82) is 0 Å². The average molecular weight is 495 g/mol. The molecule has 2 aromatic carbocycles. The van der Waals surface area contributed by atoms with Gasteiger partial charge in [-0.05, 0) is 43.4 Å². The van der Waals surface area contributed by atoms with Gasteiger partial charge in [-0.15, -0.1) is 0 Å². The first kappa shape index (κ1) is 24.4. The first-order valence-electron chi connectivity index (χ1n) is 12.4. The second-order valence-corrected chi connectivity index (χ2v) is 9.74. The lowest BCUT2D eigenvalue weighted by Gasteiger charge is -2.45. The number of benzene rings is 2. The number of halogens is 1. The van der Waals surface area contributed by atoms with Crippen LogP contribution in [0.4, 0.5) is 4.39 Å². The van der Waals surface area contributed by atoms with E-state index in [2.05, 4.69) is 4.90 Å². The highest BCUT2D eigenvalue weighted by atomic mass is 19.1. The van der Waals surface area contributed by atoms with Crippen LogP contribution >= 0.6 is 0 Å². The van der Waals surface area contributed by atoms with Crippen LogP contribution in [0, 0.1) is 5.82 Å². The topological polar surface area (TPSA) is 73.4 Å². The van der Waals surface area contributed by atoms with Gasteiger partial charge in [-0.1, -0.05) is 18.2 Å². The number of piperidine rings is 1. The van der Waals surface area contributed by atoms with Gasteiger partial charge in [-0.3, -0.25) is 19.3 Å². The molecule has 0 aliphatic carbocycles. The highest BCUT2D eigenvalue weighted by Gasteiger charge is 2.55. The minimum absolute atomic E-state index is 0.0888. The highest BCUT2D eigenvalue weighted by molar-refractivity contribution is 5.98. The number of ether oxygens (including phenoxy) is 1. The number of carbonyl (C=O) groups excluding carboxylic acids is 3. The van der Waals surface area contributed by atoms with Gasteiger partial charge >= 0.3 is 0 Å². The third-order valence-electron chi connectivity index (χ3n) is 7.52. The summed E-state index contributed by atoms with van der Waals surface area (Å²) in [5.74, 6) is -0.906. The maximum atomic E-state index is 13.8. The molecule has 3 saturated heterocycles. The average Bonchev–Trinajstić information content (AvgIpc) is 3.27. The molecule has 3 fully saturated rings. The monoisotopic (exact) mass is 494 g/mol. The van der Waals surface area contributed by atoms with Gasteiger partial charge in [0.25, 0.3) is 11.8 Å². The van der Waals surface area contributed by atoms with Crippen molar-refractivity contribution >= 4 is 17.7 Å². The lowest BCUT2D eigenvalue weighted by atomic mass is 9.96. The summed E-state index contributed by atoms with van der Waals surface area (Å²) in [7, 11) is 2.03. The Hall–Kier alpha value is -3.30.